The average Bonchev–Trinajstić information content (AvgIpc) is 2.53. The van der Waals surface area contributed by atoms with Gasteiger partial charge in [-0.3, -0.25) is 4.79 Å². The minimum atomic E-state index is -0.455. The molecule has 4 heteroatoms. The van der Waals surface area contributed by atoms with Crippen LogP contribution in [0.2, 0.25) is 0 Å². The Bertz CT molecular complexity index is 191. The summed E-state index contributed by atoms with van der Waals surface area (Å²) in [7, 11) is 1.39. The Kier molecular flexibility index (Phi) is 6.10. The number of thioether (sulfide) groups is 1. The molecule has 0 saturated heterocycles. The van der Waals surface area contributed by atoms with E-state index >= 15 is 0 Å². The van der Waals surface area contributed by atoms with Crippen LogP contribution in [0.25, 0.3) is 0 Å². The predicted octanol–water partition coefficient (Wildman–Crippen LogP) is 1.94. The summed E-state index contributed by atoms with van der Waals surface area (Å²) in [4.78, 5) is 11.1. The van der Waals surface area contributed by atoms with E-state index in [-0.39, 0.29) is 5.97 Å². The van der Waals surface area contributed by atoms with Crippen molar-refractivity contribution in [2.45, 2.75) is 49.8 Å². The van der Waals surface area contributed by atoms with Crippen LogP contribution in [0, 0.1) is 0 Å². The Morgan fingerprint density at radius 1 is 1.40 bits per heavy atom. The minimum absolute atomic E-state index is 0.295. The van der Waals surface area contributed by atoms with Gasteiger partial charge in [0.05, 0.1) is 7.11 Å². The van der Waals surface area contributed by atoms with Crippen LogP contribution in [0.4, 0.5) is 0 Å². The SMILES string of the molecule is COC(=O)C(N)CSC1CCCCCC1. The Hall–Kier alpha value is -0.220. The Labute approximate surface area is 96.1 Å². The molecule has 0 aromatic rings. The lowest BCUT2D eigenvalue weighted by molar-refractivity contribution is -0.141. The van der Waals surface area contributed by atoms with Crippen molar-refractivity contribution in [3.63, 3.8) is 0 Å². The number of carbonyl (C=O) groups is 1. The topological polar surface area (TPSA) is 52.3 Å². The molecule has 0 aromatic carbocycles. The summed E-state index contributed by atoms with van der Waals surface area (Å²) in [6, 6.07) is -0.455. The second-order valence-corrected chi connectivity index (χ2v) is 5.41. The molecule has 0 aromatic heterocycles. The smallest absolute Gasteiger partial charge is 0.323 e. The number of esters is 1. The van der Waals surface area contributed by atoms with Crippen LogP contribution in [0.15, 0.2) is 0 Å². The number of hydrogen-bond acceptors (Lipinski definition) is 4. The average molecular weight is 231 g/mol. The minimum Gasteiger partial charge on any atom is -0.468 e. The van der Waals surface area contributed by atoms with Crippen molar-refractivity contribution >= 4 is 17.7 Å². The summed E-state index contributed by atoms with van der Waals surface area (Å²) >= 11 is 1.84. The third-order valence-corrected chi connectivity index (χ3v) is 4.31. The molecule has 0 heterocycles. The first kappa shape index (κ1) is 12.8. The zero-order valence-corrected chi connectivity index (χ0v) is 10.2. The number of hydrogen-bond donors (Lipinski definition) is 1. The molecule has 1 fully saturated rings. The highest BCUT2D eigenvalue weighted by molar-refractivity contribution is 7.99. The van der Waals surface area contributed by atoms with Crippen molar-refractivity contribution < 1.29 is 9.53 Å². The normalized spacial score (nSPS) is 20.7. The van der Waals surface area contributed by atoms with Crippen molar-refractivity contribution in [1.29, 1.82) is 0 Å². The lowest BCUT2D eigenvalue weighted by Gasteiger charge is -2.15. The van der Waals surface area contributed by atoms with Crippen molar-refractivity contribution in [1.82, 2.24) is 0 Å². The molecular formula is C11H21NO2S. The van der Waals surface area contributed by atoms with E-state index in [1.165, 1.54) is 45.6 Å². The summed E-state index contributed by atoms with van der Waals surface area (Å²) in [5, 5.41) is 0.697. The Balaban J connectivity index is 2.19. The number of carbonyl (C=O) groups excluding carboxylic acids is 1. The van der Waals surface area contributed by atoms with E-state index in [1.807, 2.05) is 11.8 Å². The zero-order valence-electron chi connectivity index (χ0n) is 9.41. The van der Waals surface area contributed by atoms with Gasteiger partial charge in [0.2, 0.25) is 0 Å². The lowest BCUT2D eigenvalue weighted by Crippen LogP contribution is -2.34. The number of nitrogens with two attached hydrogens (primary N) is 1. The van der Waals surface area contributed by atoms with Crippen LogP contribution in [-0.4, -0.2) is 30.1 Å². The van der Waals surface area contributed by atoms with Crippen molar-refractivity contribution in [3.05, 3.63) is 0 Å². The highest BCUT2D eigenvalue weighted by Crippen LogP contribution is 2.27. The molecule has 0 spiro atoms. The molecule has 1 aliphatic rings. The molecule has 1 aliphatic carbocycles. The third kappa shape index (κ3) is 4.89. The maximum atomic E-state index is 11.1. The van der Waals surface area contributed by atoms with Gasteiger partial charge in [-0.15, -0.1) is 0 Å². The first-order chi connectivity index (χ1) is 7.24. The van der Waals surface area contributed by atoms with Crippen LogP contribution < -0.4 is 5.73 Å². The van der Waals surface area contributed by atoms with Gasteiger partial charge < -0.3 is 10.5 Å². The van der Waals surface area contributed by atoms with Gasteiger partial charge in [0.15, 0.2) is 0 Å². The van der Waals surface area contributed by atoms with Crippen LogP contribution in [-0.2, 0) is 9.53 Å². The van der Waals surface area contributed by atoms with E-state index in [0.717, 1.165) is 0 Å². The molecule has 1 unspecified atom stereocenters. The molecular weight excluding hydrogens is 210 g/mol. The third-order valence-electron chi connectivity index (χ3n) is 2.82. The Morgan fingerprint density at radius 3 is 2.53 bits per heavy atom. The largest absolute Gasteiger partial charge is 0.468 e. The zero-order chi connectivity index (χ0) is 11.1. The van der Waals surface area contributed by atoms with Gasteiger partial charge in [0.25, 0.3) is 0 Å². The summed E-state index contributed by atoms with van der Waals surface area (Å²) in [6.45, 7) is 0. The Morgan fingerprint density at radius 2 is 2.00 bits per heavy atom. The van der Waals surface area contributed by atoms with Gasteiger partial charge in [-0.2, -0.15) is 11.8 Å². The lowest BCUT2D eigenvalue weighted by atomic mass is 10.2. The summed E-state index contributed by atoms with van der Waals surface area (Å²) in [5.41, 5.74) is 5.69. The molecule has 0 amide bonds. The molecule has 1 atom stereocenters. The predicted molar refractivity (Wildman–Crippen MR) is 63.9 cm³/mol. The molecule has 88 valence electrons. The fourth-order valence-electron chi connectivity index (χ4n) is 1.87. The maximum Gasteiger partial charge on any atom is 0.323 e. The van der Waals surface area contributed by atoms with E-state index in [4.69, 9.17) is 5.73 Å². The summed E-state index contributed by atoms with van der Waals surface area (Å²) < 4.78 is 4.60. The molecule has 15 heavy (non-hydrogen) atoms. The van der Waals surface area contributed by atoms with Crippen molar-refractivity contribution in [2.24, 2.45) is 5.73 Å². The van der Waals surface area contributed by atoms with Gasteiger partial charge >= 0.3 is 5.97 Å². The maximum absolute atomic E-state index is 11.1. The molecule has 0 radical (unpaired) electrons. The van der Waals surface area contributed by atoms with Gasteiger partial charge in [-0.05, 0) is 12.8 Å². The van der Waals surface area contributed by atoms with E-state index < -0.39 is 6.04 Å². The molecule has 0 aliphatic heterocycles. The molecule has 1 rings (SSSR count). The molecule has 2 N–H and O–H groups in total. The number of ether oxygens (including phenoxy) is 1. The van der Waals surface area contributed by atoms with Gasteiger partial charge in [0, 0.05) is 11.0 Å². The van der Waals surface area contributed by atoms with Gasteiger partial charge in [0.1, 0.15) is 6.04 Å². The standard InChI is InChI=1S/C11H21NO2S/c1-14-11(13)10(12)8-15-9-6-4-2-3-5-7-9/h9-10H,2-8,12H2,1H3. The molecule has 0 bridgehead atoms. The quantitative estimate of drug-likeness (QED) is 0.593. The van der Waals surface area contributed by atoms with Crippen LogP contribution in [0.5, 0.6) is 0 Å². The first-order valence-electron chi connectivity index (χ1n) is 5.69. The highest BCUT2D eigenvalue weighted by atomic mass is 32.2. The van der Waals surface area contributed by atoms with E-state index in [1.54, 1.807) is 0 Å². The second-order valence-electron chi connectivity index (χ2n) is 4.08. The van der Waals surface area contributed by atoms with E-state index in [9.17, 15) is 4.79 Å². The molecule has 3 nitrogen and oxygen atoms in total. The fraction of sp³-hybridized carbons (Fsp3) is 0.909. The highest BCUT2D eigenvalue weighted by Gasteiger charge is 2.18. The van der Waals surface area contributed by atoms with Crippen molar-refractivity contribution in [3.8, 4) is 0 Å². The number of rotatable bonds is 4. The second kappa shape index (κ2) is 7.12. The van der Waals surface area contributed by atoms with Crippen LogP contribution >= 0.6 is 11.8 Å². The van der Waals surface area contributed by atoms with Crippen molar-refractivity contribution in [2.75, 3.05) is 12.9 Å². The fourth-order valence-corrected chi connectivity index (χ4v) is 3.15. The molecule has 1 saturated carbocycles. The monoisotopic (exact) mass is 231 g/mol. The van der Waals surface area contributed by atoms with E-state index in [0.29, 0.717) is 11.0 Å². The summed E-state index contributed by atoms with van der Waals surface area (Å²) in [6.07, 6.45) is 7.92. The van der Waals surface area contributed by atoms with Gasteiger partial charge in [-0.1, -0.05) is 25.7 Å². The first-order valence-corrected chi connectivity index (χ1v) is 6.74. The van der Waals surface area contributed by atoms with Gasteiger partial charge in [-0.25, -0.2) is 0 Å². The summed E-state index contributed by atoms with van der Waals surface area (Å²) in [5.74, 6) is 0.397. The van der Waals surface area contributed by atoms with E-state index in [2.05, 4.69) is 4.74 Å². The number of methoxy groups -OCH3 is 1. The van der Waals surface area contributed by atoms with Crippen LogP contribution in [0.3, 0.4) is 0 Å². The van der Waals surface area contributed by atoms with Crippen LogP contribution in [0.1, 0.15) is 38.5 Å².